The predicted molar refractivity (Wildman–Crippen MR) is 250 cm³/mol. The Morgan fingerprint density at radius 1 is 0.300 bits per heavy atom. The molecule has 9 aromatic carbocycles. The molecule has 282 valence electrons. The lowest BCUT2D eigenvalue weighted by Gasteiger charge is -2.28. The van der Waals surface area contributed by atoms with Crippen LogP contribution in [-0.2, 0) is 5.41 Å². The number of rotatable bonds is 7. The van der Waals surface area contributed by atoms with Gasteiger partial charge in [-0.1, -0.05) is 212 Å². The Bertz CT molecular complexity index is 3110. The van der Waals surface area contributed by atoms with E-state index in [1.807, 2.05) is 24.3 Å². The van der Waals surface area contributed by atoms with Crippen LogP contribution < -0.4 is 0 Å². The van der Waals surface area contributed by atoms with Gasteiger partial charge in [0.1, 0.15) is 0 Å². The van der Waals surface area contributed by atoms with Gasteiger partial charge in [-0.05, 0) is 91.0 Å². The molecule has 0 bridgehead atoms. The van der Waals surface area contributed by atoms with Crippen LogP contribution in [0.25, 0.3) is 89.2 Å². The Kier molecular flexibility index (Phi) is 8.64. The van der Waals surface area contributed by atoms with E-state index in [4.69, 9.17) is 9.97 Å². The van der Waals surface area contributed by atoms with Crippen LogP contribution in [0.1, 0.15) is 23.6 Å². The lowest BCUT2D eigenvalue weighted by atomic mass is 9.74. The van der Waals surface area contributed by atoms with Gasteiger partial charge in [0.05, 0.1) is 11.4 Å². The van der Waals surface area contributed by atoms with Gasteiger partial charge in [-0.25, -0.2) is 9.97 Å². The highest BCUT2D eigenvalue weighted by atomic mass is 14.9. The monoisotopic (exact) mass is 764 g/mol. The standard InChI is InChI=1S/C58H40N2/c1-58(46-19-9-4-10-20-46)53-24-14-13-23-50(53)51-34-33-45(37-54(51)58)41-27-25-39(26-28-41)40-29-31-42(32-30-40)47-35-36-52(49-22-12-11-21-48(47)49)56-38-55(43-15-5-2-6-16-43)59-57(60-56)44-17-7-3-8-18-44/h2-38H,1H3. The van der Waals surface area contributed by atoms with Crippen LogP contribution in [0, 0.1) is 0 Å². The summed E-state index contributed by atoms with van der Waals surface area (Å²) in [5.41, 5.74) is 18.6. The Hall–Kier alpha value is -7.68. The second-order valence-electron chi connectivity index (χ2n) is 15.9. The predicted octanol–water partition coefficient (Wildman–Crippen LogP) is 15.0. The number of hydrogen-bond acceptors (Lipinski definition) is 2. The Morgan fingerprint density at radius 3 is 1.45 bits per heavy atom. The first-order valence-electron chi connectivity index (χ1n) is 20.6. The summed E-state index contributed by atoms with van der Waals surface area (Å²) < 4.78 is 0. The van der Waals surface area contributed by atoms with E-state index in [1.54, 1.807) is 0 Å². The highest BCUT2D eigenvalue weighted by molar-refractivity contribution is 6.05. The smallest absolute Gasteiger partial charge is 0.160 e. The lowest BCUT2D eigenvalue weighted by molar-refractivity contribution is 0.714. The van der Waals surface area contributed by atoms with Gasteiger partial charge in [0.25, 0.3) is 0 Å². The molecule has 11 rings (SSSR count). The molecule has 0 N–H and O–H groups in total. The van der Waals surface area contributed by atoms with Crippen molar-refractivity contribution < 1.29 is 0 Å². The van der Waals surface area contributed by atoms with Crippen molar-refractivity contribution in [1.29, 1.82) is 0 Å². The van der Waals surface area contributed by atoms with Crippen LogP contribution in [0.15, 0.2) is 224 Å². The van der Waals surface area contributed by atoms with E-state index in [0.717, 1.165) is 33.5 Å². The maximum Gasteiger partial charge on any atom is 0.160 e. The van der Waals surface area contributed by atoms with Crippen LogP contribution in [0.4, 0.5) is 0 Å². The molecular weight excluding hydrogens is 725 g/mol. The third-order valence-corrected chi connectivity index (χ3v) is 12.4. The van der Waals surface area contributed by atoms with Crippen LogP contribution in [0.3, 0.4) is 0 Å². The Morgan fingerprint density at radius 2 is 0.767 bits per heavy atom. The first kappa shape index (κ1) is 35.5. The van der Waals surface area contributed by atoms with Crippen molar-refractivity contribution in [3.8, 4) is 78.4 Å². The molecule has 0 saturated carbocycles. The minimum Gasteiger partial charge on any atom is -0.228 e. The molecule has 0 amide bonds. The maximum atomic E-state index is 5.15. The highest BCUT2D eigenvalue weighted by Gasteiger charge is 2.40. The third kappa shape index (κ3) is 6.04. The van der Waals surface area contributed by atoms with Gasteiger partial charge in [0, 0.05) is 22.1 Å². The number of aromatic nitrogens is 2. The van der Waals surface area contributed by atoms with E-state index in [1.165, 1.54) is 66.6 Å². The summed E-state index contributed by atoms with van der Waals surface area (Å²) in [5, 5.41) is 2.35. The molecular formula is C58H40N2. The molecule has 1 atom stereocenters. The van der Waals surface area contributed by atoms with Gasteiger partial charge in [0.2, 0.25) is 0 Å². The quantitative estimate of drug-likeness (QED) is 0.162. The molecule has 1 unspecified atom stereocenters. The molecule has 1 aromatic heterocycles. The molecule has 0 fully saturated rings. The summed E-state index contributed by atoms with van der Waals surface area (Å²) in [6.45, 7) is 2.38. The number of hydrogen-bond donors (Lipinski definition) is 0. The van der Waals surface area contributed by atoms with E-state index in [9.17, 15) is 0 Å². The average Bonchev–Trinajstić information content (AvgIpc) is 3.60. The second kappa shape index (κ2) is 14.6. The van der Waals surface area contributed by atoms with Gasteiger partial charge in [0.15, 0.2) is 5.82 Å². The normalized spacial score (nSPS) is 14.2. The largest absolute Gasteiger partial charge is 0.228 e. The summed E-state index contributed by atoms with van der Waals surface area (Å²) in [6, 6.07) is 80.7. The summed E-state index contributed by atoms with van der Waals surface area (Å²) in [6.07, 6.45) is 0. The molecule has 0 radical (unpaired) electrons. The zero-order valence-corrected chi connectivity index (χ0v) is 33.3. The summed E-state index contributed by atoms with van der Waals surface area (Å²) >= 11 is 0. The molecule has 10 aromatic rings. The third-order valence-electron chi connectivity index (χ3n) is 12.4. The average molecular weight is 765 g/mol. The van der Waals surface area contributed by atoms with Crippen LogP contribution >= 0.6 is 0 Å². The van der Waals surface area contributed by atoms with Gasteiger partial charge in [-0.2, -0.15) is 0 Å². The van der Waals surface area contributed by atoms with Gasteiger partial charge < -0.3 is 0 Å². The molecule has 60 heavy (non-hydrogen) atoms. The lowest BCUT2D eigenvalue weighted by Crippen LogP contribution is -2.22. The van der Waals surface area contributed by atoms with Crippen LogP contribution in [0.5, 0.6) is 0 Å². The fourth-order valence-electron chi connectivity index (χ4n) is 9.28. The molecule has 2 nitrogen and oxygen atoms in total. The summed E-state index contributed by atoms with van der Waals surface area (Å²) in [4.78, 5) is 10.2. The van der Waals surface area contributed by atoms with Crippen molar-refractivity contribution in [2.45, 2.75) is 12.3 Å². The molecule has 0 spiro atoms. The molecule has 1 aliphatic carbocycles. The van der Waals surface area contributed by atoms with Crippen molar-refractivity contribution in [3.63, 3.8) is 0 Å². The van der Waals surface area contributed by atoms with Crippen molar-refractivity contribution in [3.05, 3.63) is 241 Å². The SMILES string of the molecule is CC1(c2ccccc2)c2ccccc2-c2ccc(-c3ccc(-c4ccc(-c5ccc(-c6cc(-c7ccccc7)nc(-c7ccccc7)n6)c6ccccc56)cc4)cc3)cc21. The van der Waals surface area contributed by atoms with Crippen LogP contribution in [0.2, 0.25) is 0 Å². The maximum absolute atomic E-state index is 5.15. The molecule has 0 saturated heterocycles. The molecule has 0 aliphatic heterocycles. The summed E-state index contributed by atoms with van der Waals surface area (Å²) in [7, 11) is 0. The first-order valence-corrected chi connectivity index (χ1v) is 20.6. The van der Waals surface area contributed by atoms with Gasteiger partial charge in [-0.3, -0.25) is 0 Å². The second-order valence-corrected chi connectivity index (χ2v) is 15.9. The van der Waals surface area contributed by atoms with Gasteiger partial charge in [-0.15, -0.1) is 0 Å². The Labute approximate surface area is 351 Å². The summed E-state index contributed by atoms with van der Waals surface area (Å²) in [5.74, 6) is 0.716. The van der Waals surface area contributed by atoms with E-state index in [0.29, 0.717) is 5.82 Å². The van der Waals surface area contributed by atoms with Crippen molar-refractivity contribution in [2.24, 2.45) is 0 Å². The molecule has 1 aliphatic rings. The van der Waals surface area contributed by atoms with Crippen molar-refractivity contribution in [2.75, 3.05) is 0 Å². The topological polar surface area (TPSA) is 25.8 Å². The molecule has 2 heteroatoms. The zero-order valence-electron chi connectivity index (χ0n) is 33.3. The fraction of sp³-hybridized carbons (Fsp3) is 0.0345. The minimum absolute atomic E-state index is 0.218. The highest BCUT2D eigenvalue weighted by Crippen LogP contribution is 2.53. The van der Waals surface area contributed by atoms with E-state index < -0.39 is 0 Å². The van der Waals surface area contributed by atoms with E-state index in [2.05, 4.69) is 207 Å². The van der Waals surface area contributed by atoms with E-state index in [-0.39, 0.29) is 5.41 Å². The molecule has 1 heterocycles. The van der Waals surface area contributed by atoms with Crippen molar-refractivity contribution in [1.82, 2.24) is 9.97 Å². The number of nitrogens with zero attached hydrogens (tertiary/aromatic N) is 2. The number of fused-ring (bicyclic) bond motifs is 4. The minimum atomic E-state index is -0.218. The zero-order chi connectivity index (χ0) is 40.0. The number of benzene rings is 9. The van der Waals surface area contributed by atoms with Crippen molar-refractivity contribution >= 4 is 10.8 Å². The van der Waals surface area contributed by atoms with E-state index >= 15 is 0 Å². The first-order chi connectivity index (χ1) is 29.6. The fourth-order valence-corrected chi connectivity index (χ4v) is 9.28. The van der Waals surface area contributed by atoms with Gasteiger partial charge >= 0.3 is 0 Å². The van der Waals surface area contributed by atoms with Crippen LogP contribution in [-0.4, -0.2) is 9.97 Å². The Balaban J connectivity index is 0.908.